The van der Waals surface area contributed by atoms with E-state index in [1.807, 2.05) is 13.0 Å². The molecule has 11 heteroatoms. The van der Waals surface area contributed by atoms with Gasteiger partial charge in [0, 0.05) is 21.8 Å². The third kappa shape index (κ3) is 5.57. The average Bonchev–Trinajstić information content (AvgIpc) is 3.09. The average molecular weight is 512 g/mol. The molecule has 3 aromatic rings. The monoisotopic (exact) mass is 511 g/mol. The summed E-state index contributed by atoms with van der Waals surface area (Å²) in [5, 5.41) is 6.63. The van der Waals surface area contributed by atoms with Gasteiger partial charge >= 0.3 is 0 Å². The lowest BCUT2D eigenvalue weighted by molar-refractivity contribution is 0.0982. The van der Waals surface area contributed by atoms with Crippen molar-refractivity contribution >= 4 is 72.0 Å². The van der Waals surface area contributed by atoms with Crippen LogP contribution in [0.2, 0.25) is 5.02 Å². The number of halogens is 1. The van der Waals surface area contributed by atoms with Gasteiger partial charge in [-0.1, -0.05) is 18.5 Å². The highest BCUT2D eigenvalue weighted by Crippen LogP contribution is 2.37. The third-order valence-electron chi connectivity index (χ3n) is 4.66. The molecule has 1 aromatic heterocycles. The second-order valence-corrected chi connectivity index (χ2v) is 10.5. The number of sulfonamides is 1. The summed E-state index contributed by atoms with van der Waals surface area (Å²) in [5.74, 6) is 0.231. The largest absolute Gasteiger partial charge is 0.497 e. The van der Waals surface area contributed by atoms with E-state index in [1.54, 1.807) is 38.3 Å². The van der Waals surface area contributed by atoms with Gasteiger partial charge in [0.15, 0.2) is 5.11 Å². The van der Waals surface area contributed by atoms with Crippen molar-refractivity contribution in [3.8, 4) is 5.75 Å². The van der Waals surface area contributed by atoms with Gasteiger partial charge in [0.05, 0.1) is 17.0 Å². The summed E-state index contributed by atoms with van der Waals surface area (Å²) in [6.45, 7) is 3.70. The van der Waals surface area contributed by atoms with E-state index in [9.17, 15) is 13.2 Å². The second kappa shape index (κ2) is 10.1. The summed E-state index contributed by atoms with van der Waals surface area (Å²) in [4.78, 5) is 13.1. The number of fused-ring (bicyclic) bond motifs is 1. The minimum Gasteiger partial charge on any atom is -0.497 e. The van der Waals surface area contributed by atoms with E-state index < -0.39 is 15.9 Å². The predicted molar refractivity (Wildman–Crippen MR) is 134 cm³/mol. The Morgan fingerprint density at radius 2 is 1.91 bits per heavy atom. The number of ether oxygens (including phenoxy) is 1. The molecule has 0 aliphatic rings. The van der Waals surface area contributed by atoms with Crippen LogP contribution in [-0.2, 0) is 10.0 Å². The molecular formula is C21H22ClN3O4S3. The summed E-state index contributed by atoms with van der Waals surface area (Å²) in [6, 6.07) is 11.3. The van der Waals surface area contributed by atoms with Gasteiger partial charge in [-0.15, -0.1) is 11.3 Å². The van der Waals surface area contributed by atoms with E-state index in [-0.39, 0.29) is 16.0 Å². The molecule has 3 N–H and O–H groups in total. The molecule has 170 valence electrons. The summed E-state index contributed by atoms with van der Waals surface area (Å²) in [6.07, 6.45) is 0.685. The van der Waals surface area contributed by atoms with E-state index >= 15 is 0 Å². The molecule has 0 spiro atoms. The van der Waals surface area contributed by atoms with Crippen molar-refractivity contribution in [1.29, 1.82) is 0 Å². The van der Waals surface area contributed by atoms with Crippen LogP contribution in [0.15, 0.2) is 47.4 Å². The second-order valence-electron chi connectivity index (χ2n) is 6.97. The Morgan fingerprint density at radius 3 is 2.53 bits per heavy atom. The van der Waals surface area contributed by atoms with Gasteiger partial charge in [-0.2, -0.15) is 0 Å². The number of anilines is 1. The van der Waals surface area contributed by atoms with Crippen molar-refractivity contribution in [3.63, 3.8) is 0 Å². The number of carbonyl (C=O) groups excluding carboxylic acids is 1. The number of nitrogens with one attached hydrogen (secondary N) is 3. The highest BCUT2D eigenvalue weighted by molar-refractivity contribution is 7.89. The summed E-state index contributed by atoms with van der Waals surface area (Å²) >= 11 is 12.8. The first kappa shape index (κ1) is 24.4. The lowest BCUT2D eigenvalue weighted by atomic mass is 10.2. The molecule has 0 fully saturated rings. The van der Waals surface area contributed by atoms with Crippen molar-refractivity contribution in [1.82, 2.24) is 10.0 Å². The Morgan fingerprint density at radius 1 is 1.22 bits per heavy atom. The maximum absolute atomic E-state index is 12.7. The van der Waals surface area contributed by atoms with Gasteiger partial charge < -0.3 is 10.1 Å². The number of thiocarbonyl (C=S) groups is 1. The number of thiophene rings is 1. The molecular weight excluding hydrogens is 490 g/mol. The molecule has 1 atom stereocenters. The summed E-state index contributed by atoms with van der Waals surface area (Å²) in [5.41, 5.74) is 0.532. The highest BCUT2D eigenvalue weighted by Gasteiger charge is 2.19. The molecule has 0 bridgehead atoms. The first-order valence-electron chi connectivity index (χ1n) is 9.65. The van der Waals surface area contributed by atoms with E-state index in [0.717, 1.165) is 10.1 Å². The Labute approximate surface area is 201 Å². The van der Waals surface area contributed by atoms with Crippen LogP contribution >= 0.6 is 35.2 Å². The summed E-state index contributed by atoms with van der Waals surface area (Å²) in [7, 11) is -2.03. The van der Waals surface area contributed by atoms with E-state index in [0.29, 0.717) is 27.8 Å². The minimum absolute atomic E-state index is 0.0643. The number of hydrogen-bond donors (Lipinski definition) is 3. The van der Waals surface area contributed by atoms with Crippen LogP contribution in [0.5, 0.6) is 5.75 Å². The summed E-state index contributed by atoms with van der Waals surface area (Å²) < 4.78 is 33.3. The van der Waals surface area contributed by atoms with Gasteiger partial charge in [-0.05, 0) is 68.0 Å². The smallest absolute Gasteiger partial charge is 0.269 e. The van der Waals surface area contributed by atoms with Crippen LogP contribution in [0.3, 0.4) is 0 Å². The predicted octanol–water partition coefficient (Wildman–Crippen LogP) is 4.77. The normalized spacial score (nSPS) is 12.4. The molecule has 0 aliphatic heterocycles. The zero-order chi connectivity index (χ0) is 23.5. The van der Waals surface area contributed by atoms with Crippen molar-refractivity contribution in [2.45, 2.75) is 31.2 Å². The van der Waals surface area contributed by atoms with E-state index in [4.69, 9.17) is 28.6 Å². The fourth-order valence-electron chi connectivity index (χ4n) is 2.77. The standard InChI is InChI=1S/C21H22ClN3O4S3/c1-4-12(2)25-32(27,28)15-8-5-13(6-9-15)23-21(30)24-20(26)19-18(22)16-10-7-14(29-3)11-17(16)31-19/h5-12,25H,4H2,1-3H3,(H2,23,24,26,30). The number of benzene rings is 2. The van der Waals surface area contributed by atoms with E-state index in [2.05, 4.69) is 15.4 Å². The van der Waals surface area contributed by atoms with Crippen molar-refractivity contribution in [2.75, 3.05) is 12.4 Å². The third-order valence-corrected chi connectivity index (χ3v) is 8.13. The fourth-order valence-corrected chi connectivity index (χ4v) is 5.75. The number of rotatable bonds is 7. The van der Waals surface area contributed by atoms with Crippen LogP contribution in [0, 0.1) is 0 Å². The van der Waals surface area contributed by atoms with Gasteiger partial charge in [0.2, 0.25) is 10.0 Å². The van der Waals surface area contributed by atoms with Crippen LogP contribution in [0.25, 0.3) is 10.1 Å². The van der Waals surface area contributed by atoms with E-state index in [1.165, 1.54) is 23.5 Å². The minimum atomic E-state index is -3.60. The number of amides is 1. The van der Waals surface area contributed by atoms with Crippen LogP contribution in [0.4, 0.5) is 5.69 Å². The molecule has 0 radical (unpaired) electrons. The van der Waals surface area contributed by atoms with Gasteiger partial charge in [0.1, 0.15) is 10.6 Å². The molecule has 7 nitrogen and oxygen atoms in total. The topological polar surface area (TPSA) is 96.5 Å². The Bertz CT molecular complexity index is 1260. The maximum Gasteiger partial charge on any atom is 0.269 e. The highest BCUT2D eigenvalue weighted by atomic mass is 35.5. The van der Waals surface area contributed by atoms with Crippen LogP contribution in [-0.4, -0.2) is 32.6 Å². The van der Waals surface area contributed by atoms with Crippen LogP contribution < -0.4 is 20.1 Å². The molecule has 3 rings (SSSR count). The zero-order valence-electron chi connectivity index (χ0n) is 17.6. The number of carbonyl (C=O) groups is 1. The van der Waals surface area contributed by atoms with Gasteiger partial charge in [0.25, 0.3) is 5.91 Å². The lowest BCUT2D eigenvalue weighted by Crippen LogP contribution is -2.34. The van der Waals surface area contributed by atoms with Crippen molar-refractivity contribution < 1.29 is 17.9 Å². The van der Waals surface area contributed by atoms with Crippen molar-refractivity contribution in [2.24, 2.45) is 0 Å². The zero-order valence-corrected chi connectivity index (χ0v) is 20.8. The molecule has 32 heavy (non-hydrogen) atoms. The fraction of sp³-hybridized carbons (Fsp3) is 0.238. The molecule has 1 amide bonds. The number of methoxy groups -OCH3 is 1. The van der Waals surface area contributed by atoms with Crippen molar-refractivity contribution in [3.05, 3.63) is 52.4 Å². The van der Waals surface area contributed by atoms with Gasteiger partial charge in [-0.25, -0.2) is 13.1 Å². The molecule has 0 saturated heterocycles. The first-order chi connectivity index (χ1) is 15.1. The first-order valence-corrected chi connectivity index (χ1v) is 12.7. The maximum atomic E-state index is 12.7. The quantitative estimate of drug-likeness (QED) is 0.395. The number of hydrogen-bond acceptors (Lipinski definition) is 6. The molecule has 1 heterocycles. The van der Waals surface area contributed by atoms with Gasteiger partial charge in [-0.3, -0.25) is 10.1 Å². The Balaban J connectivity index is 1.67. The molecule has 1 unspecified atom stereocenters. The van der Waals surface area contributed by atoms with Crippen LogP contribution in [0.1, 0.15) is 29.9 Å². The Hall–Kier alpha value is -2.24. The molecule has 0 aliphatic carbocycles. The Kier molecular flexibility index (Phi) is 7.73. The molecule has 2 aromatic carbocycles. The SMILES string of the molecule is CCC(C)NS(=O)(=O)c1ccc(NC(=S)NC(=O)c2sc3cc(OC)ccc3c2Cl)cc1. The lowest BCUT2D eigenvalue weighted by Gasteiger charge is -2.13. The molecule has 0 saturated carbocycles.